The maximum atomic E-state index is 11.2. The van der Waals surface area contributed by atoms with Gasteiger partial charge in [-0.3, -0.25) is 9.78 Å². The van der Waals surface area contributed by atoms with Gasteiger partial charge in [0.15, 0.2) is 0 Å². The molecule has 0 radical (unpaired) electrons. The molecule has 1 aromatic heterocycles. The molecule has 0 aliphatic carbocycles. The van der Waals surface area contributed by atoms with Crippen LogP contribution in [0.2, 0.25) is 0 Å². The van der Waals surface area contributed by atoms with Gasteiger partial charge in [0.05, 0.1) is 24.7 Å². The summed E-state index contributed by atoms with van der Waals surface area (Å²) in [6.45, 7) is 0.738. The molecule has 3 rings (SSSR count). The number of fused-ring (bicyclic) bond motifs is 1. The quantitative estimate of drug-likeness (QED) is 0.780. The Morgan fingerprint density at radius 1 is 1.31 bits per heavy atom. The summed E-state index contributed by atoms with van der Waals surface area (Å²) >= 11 is 0. The summed E-state index contributed by atoms with van der Waals surface area (Å²) in [4.78, 5) is 17.8. The molecule has 0 fully saturated rings. The molecule has 0 amide bonds. The molecule has 0 bridgehead atoms. The van der Waals surface area contributed by atoms with Crippen molar-refractivity contribution >= 4 is 0 Å². The Balaban J connectivity index is 2.10. The van der Waals surface area contributed by atoms with Crippen LogP contribution < -0.4 is 10.3 Å². The monoisotopic (exact) mass is 214 g/mol. The molecule has 80 valence electrons. The summed E-state index contributed by atoms with van der Waals surface area (Å²) in [7, 11) is 0. The molecule has 4 heteroatoms. The molecule has 1 aromatic carbocycles. The van der Waals surface area contributed by atoms with Gasteiger partial charge < -0.3 is 9.72 Å². The lowest BCUT2D eigenvalue weighted by molar-refractivity contribution is 0.357. The second-order valence-electron chi connectivity index (χ2n) is 3.73. The van der Waals surface area contributed by atoms with Gasteiger partial charge in [-0.1, -0.05) is 0 Å². The van der Waals surface area contributed by atoms with E-state index in [2.05, 4.69) is 9.97 Å². The molecule has 0 saturated heterocycles. The predicted octanol–water partition coefficient (Wildman–Crippen LogP) is 1.37. The van der Waals surface area contributed by atoms with Crippen molar-refractivity contribution in [3.8, 4) is 17.0 Å². The Morgan fingerprint density at radius 3 is 3.12 bits per heavy atom. The fourth-order valence-electron chi connectivity index (χ4n) is 1.88. The number of hydrogen-bond acceptors (Lipinski definition) is 3. The molecule has 0 saturated carbocycles. The van der Waals surface area contributed by atoms with E-state index in [0.29, 0.717) is 0 Å². The number of H-pyrrole nitrogens is 1. The van der Waals surface area contributed by atoms with Crippen molar-refractivity contribution < 1.29 is 4.74 Å². The van der Waals surface area contributed by atoms with E-state index in [0.717, 1.165) is 30.0 Å². The van der Waals surface area contributed by atoms with Crippen LogP contribution in [-0.2, 0) is 6.42 Å². The number of hydrogen-bond donors (Lipinski definition) is 1. The fourth-order valence-corrected chi connectivity index (χ4v) is 1.88. The van der Waals surface area contributed by atoms with Crippen LogP contribution in [0.5, 0.6) is 5.75 Å². The highest BCUT2D eigenvalue weighted by atomic mass is 16.5. The highest BCUT2D eigenvalue weighted by molar-refractivity contribution is 5.61. The number of aromatic nitrogens is 2. The summed E-state index contributed by atoms with van der Waals surface area (Å²) < 4.78 is 5.43. The lowest BCUT2D eigenvalue weighted by atomic mass is 10.1. The minimum Gasteiger partial charge on any atom is -0.493 e. The highest BCUT2D eigenvalue weighted by Crippen LogP contribution is 2.29. The van der Waals surface area contributed by atoms with Crippen molar-refractivity contribution in [1.29, 1.82) is 0 Å². The maximum absolute atomic E-state index is 11.2. The summed E-state index contributed by atoms with van der Waals surface area (Å²) in [6, 6.07) is 5.90. The van der Waals surface area contributed by atoms with Gasteiger partial charge in [0, 0.05) is 12.0 Å². The van der Waals surface area contributed by atoms with Gasteiger partial charge in [-0.2, -0.15) is 0 Å². The van der Waals surface area contributed by atoms with E-state index in [1.807, 2.05) is 18.2 Å². The number of benzene rings is 1. The highest BCUT2D eigenvalue weighted by Gasteiger charge is 2.12. The number of nitrogens with one attached hydrogen (secondary N) is 1. The van der Waals surface area contributed by atoms with Crippen molar-refractivity contribution in [3.63, 3.8) is 0 Å². The van der Waals surface area contributed by atoms with Gasteiger partial charge in [-0.05, 0) is 23.8 Å². The first-order valence-corrected chi connectivity index (χ1v) is 5.13. The van der Waals surface area contributed by atoms with Crippen LogP contribution in [0.1, 0.15) is 5.56 Å². The average molecular weight is 214 g/mol. The molecule has 16 heavy (non-hydrogen) atoms. The van der Waals surface area contributed by atoms with Gasteiger partial charge in [0.2, 0.25) is 0 Å². The second kappa shape index (κ2) is 3.48. The van der Waals surface area contributed by atoms with Crippen molar-refractivity contribution in [2.24, 2.45) is 0 Å². The zero-order valence-electron chi connectivity index (χ0n) is 8.56. The van der Waals surface area contributed by atoms with Gasteiger partial charge in [0.1, 0.15) is 5.75 Å². The predicted molar refractivity (Wildman–Crippen MR) is 59.5 cm³/mol. The third kappa shape index (κ3) is 1.48. The molecule has 1 aliphatic rings. The van der Waals surface area contributed by atoms with Gasteiger partial charge in [0.25, 0.3) is 5.56 Å². The molecule has 4 nitrogen and oxygen atoms in total. The van der Waals surface area contributed by atoms with Crippen LogP contribution >= 0.6 is 0 Å². The first-order chi connectivity index (χ1) is 7.83. The Labute approximate surface area is 91.9 Å². The van der Waals surface area contributed by atoms with Crippen molar-refractivity contribution in [3.05, 3.63) is 46.5 Å². The Kier molecular flexibility index (Phi) is 1.99. The summed E-state index contributed by atoms with van der Waals surface area (Å²) in [5.41, 5.74) is 2.70. The fraction of sp³-hybridized carbons (Fsp3) is 0.167. The normalized spacial score (nSPS) is 13.2. The van der Waals surface area contributed by atoms with Gasteiger partial charge in [-0.25, -0.2) is 0 Å². The molecule has 0 unspecified atom stereocenters. The lowest BCUT2D eigenvalue weighted by Crippen LogP contribution is -2.05. The molecule has 1 aliphatic heterocycles. The number of rotatable bonds is 1. The summed E-state index contributed by atoms with van der Waals surface area (Å²) in [5, 5.41) is 0. The lowest BCUT2D eigenvalue weighted by Gasteiger charge is -2.03. The van der Waals surface area contributed by atoms with Gasteiger partial charge >= 0.3 is 0 Å². The zero-order chi connectivity index (χ0) is 11.0. The van der Waals surface area contributed by atoms with E-state index in [4.69, 9.17) is 4.74 Å². The van der Waals surface area contributed by atoms with Gasteiger partial charge in [-0.15, -0.1) is 0 Å². The number of ether oxygens (including phenoxy) is 1. The van der Waals surface area contributed by atoms with Crippen LogP contribution in [0.4, 0.5) is 0 Å². The second-order valence-corrected chi connectivity index (χ2v) is 3.73. The molecular weight excluding hydrogens is 204 g/mol. The van der Waals surface area contributed by atoms with E-state index in [1.165, 1.54) is 11.8 Å². The number of aromatic amines is 1. The summed E-state index contributed by atoms with van der Waals surface area (Å²) in [6.07, 6.45) is 3.84. The first kappa shape index (κ1) is 9.15. The first-order valence-electron chi connectivity index (χ1n) is 5.13. The third-order valence-corrected chi connectivity index (χ3v) is 2.65. The number of nitrogens with zero attached hydrogens (tertiary/aromatic N) is 1. The minimum absolute atomic E-state index is 0.186. The van der Waals surface area contributed by atoms with Crippen molar-refractivity contribution in [1.82, 2.24) is 9.97 Å². The Bertz CT molecular complexity index is 590. The molecular formula is C12H10N2O2. The van der Waals surface area contributed by atoms with Crippen LogP contribution in [0, 0.1) is 0 Å². The largest absolute Gasteiger partial charge is 0.493 e. The topological polar surface area (TPSA) is 55.0 Å². The minimum atomic E-state index is -0.186. The summed E-state index contributed by atoms with van der Waals surface area (Å²) in [5.74, 6) is 0.940. The SMILES string of the molecule is O=c1cncc(-c2ccc3c(c2)CCO3)[nH]1. The standard InChI is InChI=1S/C12H10N2O2/c15-12-7-13-6-10(14-12)8-1-2-11-9(5-8)3-4-16-11/h1-2,5-7H,3-4H2,(H,14,15). The average Bonchev–Trinajstić information content (AvgIpc) is 2.75. The molecule has 2 heterocycles. The van der Waals surface area contributed by atoms with Crippen molar-refractivity contribution in [2.45, 2.75) is 6.42 Å². The van der Waals surface area contributed by atoms with Crippen molar-refractivity contribution in [2.75, 3.05) is 6.61 Å². The zero-order valence-corrected chi connectivity index (χ0v) is 8.56. The molecule has 0 atom stereocenters. The van der Waals surface area contributed by atoms with E-state index < -0.39 is 0 Å². The smallest absolute Gasteiger partial charge is 0.266 e. The van der Waals surface area contributed by atoms with E-state index in [9.17, 15) is 4.79 Å². The maximum Gasteiger partial charge on any atom is 0.266 e. The Morgan fingerprint density at radius 2 is 2.25 bits per heavy atom. The van der Waals surface area contributed by atoms with Crippen LogP contribution in [0.15, 0.2) is 35.4 Å². The van der Waals surface area contributed by atoms with E-state index >= 15 is 0 Å². The van der Waals surface area contributed by atoms with E-state index in [-0.39, 0.29) is 5.56 Å². The third-order valence-electron chi connectivity index (χ3n) is 2.65. The van der Waals surface area contributed by atoms with Crippen LogP contribution in [0.25, 0.3) is 11.3 Å². The molecule has 1 N–H and O–H groups in total. The Hall–Kier alpha value is -2.10. The van der Waals surface area contributed by atoms with Crippen LogP contribution in [0.3, 0.4) is 0 Å². The molecule has 2 aromatic rings. The van der Waals surface area contributed by atoms with E-state index in [1.54, 1.807) is 6.20 Å². The van der Waals surface area contributed by atoms with Crippen LogP contribution in [-0.4, -0.2) is 16.6 Å². The molecule has 0 spiro atoms.